The van der Waals surface area contributed by atoms with Gasteiger partial charge >= 0.3 is 5.69 Å². The van der Waals surface area contributed by atoms with E-state index in [0.717, 1.165) is 4.57 Å². The SMILES string of the molecule is CO[C@]1(O)[C@H](n2ccc(N(C)C)nc2=O)O[C@H](C(O)[Si](C)(C)C(C)(C)C)[C@]1(O)[Si](C)(C)C(C)(C)C. The fourth-order valence-corrected chi connectivity index (χ4v) is 9.90. The third-order valence-corrected chi connectivity index (χ3v) is 21.1. The Hall–Kier alpha value is -1.09. The van der Waals surface area contributed by atoms with E-state index in [9.17, 15) is 20.1 Å². The first kappa shape index (κ1) is 30.1. The zero-order valence-corrected chi connectivity index (χ0v) is 25.8. The Morgan fingerprint density at radius 1 is 1.11 bits per heavy atom. The minimum absolute atomic E-state index is 0.237. The van der Waals surface area contributed by atoms with Crippen LogP contribution in [0.4, 0.5) is 5.82 Å². The monoisotopic (exact) mass is 529 g/mol. The van der Waals surface area contributed by atoms with Crippen molar-refractivity contribution in [2.24, 2.45) is 0 Å². The summed E-state index contributed by atoms with van der Waals surface area (Å²) in [6, 6.07) is 1.63. The van der Waals surface area contributed by atoms with Gasteiger partial charge in [0.05, 0.1) is 13.8 Å². The van der Waals surface area contributed by atoms with Crippen LogP contribution in [0.25, 0.3) is 0 Å². The van der Waals surface area contributed by atoms with Crippen molar-refractivity contribution in [3.05, 3.63) is 22.7 Å². The highest BCUT2D eigenvalue weighted by Gasteiger charge is 2.77. The molecule has 0 aromatic carbocycles. The highest BCUT2D eigenvalue weighted by molar-refractivity contribution is 6.84. The molecular weight excluding hydrogens is 482 g/mol. The molecule has 35 heavy (non-hydrogen) atoms. The molecular formula is C24H47N3O6Si2. The van der Waals surface area contributed by atoms with Crippen molar-refractivity contribution >= 4 is 22.0 Å². The first-order chi connectivity index (χ1) is 15.5. The van der Waals surface area contributed by atoms with Crippen LogP contribution in [0.15, 0.2) is 17.1 Å². The molecule has 0 radical (unpaired) electrons. The second-order valence-corrected chi connectivity index (χ2v) is 24.3. The molecule has 0 spiro atoms. The van der Waals surface area contributed by atoms with Crippen molar-refractivity contribution in [3.63, 3.8) is 0 Å². The Morgan fingerprint density at radius 2 is 1.63 bits per heavy atom. The summed E-state index contributed by atoms with van der Waals surface area (Å²) in [5.41, 5.74) is -1.71. The van der Waals surface area contributed by atoms with E-state index in [1.165, 1.54) is 13.3 Å². The number of aliphatic hydroxyl groups excluding tert-OH is 1. The summed E-state index contributed by atoms with van der Waals surface area (Å²) >= 11 is 0. The first-order valence-electron chi connectivity index (χ1n) is 12.1. The van der Waals surface area contributed by atoms with Crippen LogP contribution in [0.5, 0.6) is 0 Å². The molecule has 0 bridgehead atoms. The Balaban J connectivity index is 2.87. The molecule has 1 aliphatic rings. The zero-order valence-electron chi connectivity index (χ0n) is 23.8. The number of hydrogen-bond donors (Lipinski definition) is 3. The minimum atomic E-state index is -2.96. The zero-order chi connectivity index (χ0) is 27.6. The summed E-state index contributed by atoms with van der Waals surface area (Å²) in [6.45, 7) is 20.2. The lowest BCUT2D eigenvalue weighted by atomic mass is 10.1. The van der Waals surface area contributed by atoms with Gasteiger partial charge in [-0.1, -0.05) is 67.7 Å². The van der Waals surface area contributed by atoms with E-state index in [1.807, 2.05) is 47.0 Å². The maximum atomic E-state index is 13.1. The summed E-state index contributed by atoms with van der Waals surface area (Å²) in [4.78, 5) is 18.9. The largest absolute Gasteiger partial charge is 0.394 e. The lowest BCUT2D eigenvalue weighted by molar-refractivity contribution is -0.280. The molecule has 2 rings (SSSR count). The van der Waals surface area contributed by atoms with E-state index >= 15 is 0 Å². The molecule has 9 nitrogen and oxygen atoms in total. The van der Waals surface area contributed by atoms with Gasteiger partial charge in [0, 0.05) is 27.4 Å². The van der Waals surface area contributed by atoms with E-state index in [0.29, 0.717) is 5.82 Å². The predicted octanol–water partition coefficient (Wildman–Crippen LogP) is 2.73. The predicted molar refractivity (Wildman–Crippen MR) is 144 cm³/mol. The van der Waals surface area contributed by atoms with Gasteiger partial charge in [0.15, 0.2) is 6.23 Å². The third-order valence-electron chi connectivity index (χ3n) is 9.19. The summed E-state index contributed by atoms with van der Waals surface area (Å²) < 4.78 is 13.2. The van der Waals surface area contributed by atoms with Gasteiger partial charge in [0.25, 0.3) is 0 Å². The number of nitrogens with zero attached hydrogens (tertiary/aromatic N) is 3. The Labute approximate surface area is 212 Å². The van der Waals surface area contributed by atoms with Crippen LogP contribution in [-0.4, -0.2) is 85.1 Å². The molecule has 0 amide bonds. The second kappa shape index (κ2) is 9.03. The number of anilines is 1. The summed E-state index contributed by atoms with van der Waals surface area (Å²) in [7, 11) is -0.658. The number of hydrogen-bond acceptors (Lipinski definition) is 8. The van der Waals surface area contributed by atoms with E-state index in [-0.39, 0.29) is 5.04 Å². The van der Waals surface area contributed by atoms with Crippen LogP contribution >= 0.6 is 0 Å². The molecule has 11 heteroatoms. The molecule has 3 N–H and O–H groups in total. The fourth-order valence-electron chi connectivity index (χ4n) is 4.56. The van der Waals surface area contributed by atoms with Gasteiger partial charge in [0.2, 0.25) is 5.79 Å². The number of methoxy groups -OCH3 is 1. The van der Waals surface area contributed by atoms with Gasteiger partial charge < -0.3 is 29.7 Å². The summed E-state index contributed by atoms with van der Waals surface area (Å²) in [5.74, 6) is -1.86. The molecule has 1 saturated heterocycles. The van der Waals surface area contributed by atoms with E-state index in [2.05, 4.69) is 25.8 Å². The van der Waals surface area contributed by atoms with Gasteiger partial charge in [-0.25, -0.2) is 4.79 Å². The van der Waals surface area contributed by atoms with Crippen LogP contribution in [-0.2, 0) is 9.47 Å². The lowest BCUT2D eigenvalue weighted by Crippen LogP contribution is -2.77. The van der Waals surface area contributed by atoms with Crippen molar-refractivity contribution in [2.75, 3.05) is 26.1 Å². The van der Waals surface area contributed by atoms with Crippen molar-refractivity contribution in [1.82, 2.24) is 9.55 Å². The standard InChI is InChI=1S/C24H47N3O6Si2/c1-21(2,3)34(10,11)18(28)17-24(31,35(12,13)22(4,5)6)23(30,32-9)19(33-17)27-15-14-16(26(7)8)25-20(27)29/h14-15,17-19,28,30-31H,1-13H3/t17-,18?,19-,23-,24+/m1/s1. The van der Waals surface area contributed by atoms with E-state index in [1.54, 1.807) is 25.1 Å². The molecule has 1 aromatic heterocycles. The topological polar surface area (TPSA) is 117 Å². The fraction of sp³-hybridized carbons (Fsp3) is 0.833. The molecule has 0 saturated carbocycles. The molecule has 2 heterocycles. The highest BCUT2D eigenvalue weighted by Crippen LogP contribution is 2.58. The Kier molecular flexibility index (Phi) is 7.78. The van der Waals surface area contributed by atoms with Crippen LogP contribution in [0.2, 0.25) is 36.3 Å². The van der Waals surface area contributed by atoms with Crippen LogP contribution in [0.3, 0.4) is 0 Å². The molecule has 5 atom stereocenters. The number of aliphatic hydroxyl groups is 3. The quantitative estimate of drug-likeness (QED) is 0.380. The van der Waals surface area contributed by atoms with Gasteiger partial charge in [-0.15, -0.1) is 0 Å². The normalized spacial score (nSPS) is 29.4. The summed E-state index contributed by atoms with van der Waals surface area (Å²) in [6.07, 6.45) is -1.11. The Morgan fingerprint density at radius 3 is 2.00 bits per heavy atom. The van der Waals surface area contributed by atoms with Crippen molar-refractivity contribution in [1.29, 1.82) is 0 Å². The van der Waals surface area contributed by atoms with E-state index < -0.39 is 55.9 Å². The first-order valence-corrected chi connectivity index (χ1v) is 18.2. The van der Waals surface area contributed by atoms with Crippen LogP contribution < -0.4 is 10.6 Å². The molecule has 0 aliphatic carbocycles. The van der Waals surface area contributed by atoms with Crippen molar-refractivity contribution < 1.29 is 24.8 Å². The van der Waals surface area contributed by atoms with Crippen LogP contribution in [0.1, 0.15) is 47.8 Å². The smallest absolute Gasteiger partial charge is 0.351 e. The Bertz CT molecular complexity index is 985. The average Bonchev–Trinajstić information content (AvgIpc) is 2.95. The number of ether oxygens (including phenoxy) is 2. The van der Waals surface area contributed by atoms with Crippen molar-refractivity contribution in [2.45, 2.75) is 107 Å². The van der Waals surface area contributed by atoms with Gasteiger partial charge in [-0.2, -0.15) is 4.98 Å². The molecule has 1 fully saturated rings. The lowest BCUT2D eigenvalue weighted by Gasteiger charge is -2.55. The summed E-state index contributed by atoms with van der Waals surface area (Å²) in [5, 5.41) is 34.1. The maximum absolute atomic E-state index is 13.1. The second-order valence-electron chi connectivity index (χ2n) is 13.2. The van der Waals surface area contributed by atoms with Gasteiger partial charge in [-0.05, 0) is 16.1 Å². The third kappa shape index (κ3) is 4.36. The minimum Gasteiger partial charge on any atom is -0.394 e. The van der Waals surface area contributed by atoms with Gasteiger partial charge in [0.1, 0.15) is 25.2 Å². The molecule has 202 valence electrons. The molecule has 1 aromatic rings. The average molecular weight is 530 g/mol. The molecule has 1 aliphatic heterocycles. The van der Waals surface area contributed by atoms with Crippen LogP contribution in [0, 0.1) is 0 Å². The number of aromatic nitrogens is 2. The van der Waals surface area contributed by atoms with Crippen molar-refractivity contribution in [3.8, 4) is 0 Å². The highest BCUT2D eigenvalue weighted by atomic mass is 28.3. The maximum Gasteiger partial charge on any atom is 0.351 e. The van der Waals surface area contributed by atoms with E-state index in [4.69, 9.17) is 9.47 Å². The number of rotatable bonds is 6. The van der Waals surface area contributed by atoms with Gasteiger partial charge in [-0.3, -0.25) is 4.57 Å². The molecule has 1 unspecified atom stereocenters.